The fourth-order valence-corrected chi connectivity index (χ4v) is 22.7. The van der Waals surface area contributed by atoms with Crippen LogP contribution in [0.15, 0.2) is 261 Å². The third-order valence-electron chi connectivity index (χ3n) is 28.3. The van der Waals surface area contributed by atoms with Crippen molar-refractivity contribution >= 4 is 110 Å². The van der Waals surface area contributed by atoms with Crippen molar-refractivity contribution in [1.29, 1.82) is 0 Å². The molecule has 3 heterocycles. The van der Waals surface area contributed by atoms with Crippen molar-refractivity contribution in [2.75, 3.05) is 14.7 Å². The first kappa shape index (κ1) is 59.6. The molecule has 3 nitrogen and oxygen atoms in total. The molecule has 0 amide bonds. The topological polar surface area (TPSA) is 9.72 Å². The molecule has 0 saturated heterocycles. The van der Waals surface area contributed by atoms with Crippen LogP contribution in [-0.2, 0) is 16.2 Å². The minimum atomic E-state index is -0.0870. The lowest BCUT2D eigenvalue weighted by Crippen LogP contribution is -2.54. The summed E-state index contributed by atoms with van der Waals surface area (Å²) < 4.78 is 0. The summed E-state index contributed by atoms with van der Waals surface area (Å²) in [6.45, 7) is 15.5. The molecule has 6 unspecified atom stereocenters. The Morgan fingerprint density at radius 2 is 0.485 bits per heavy atom. The maximum atomic E-state index is 2.79. The van der Waals surface area contributed by atoms with Crippen LogP contribution in [0.4, 0.5) is 34.1 Å². The molecule has 0 N–H and O–H groups in total. The molecule has 6 aliphatic rings. The fourth-order valence-electron chi connectivity index (χ4n) is 22.7. The van der Waals surface area contributed by atoms with E-state index in [0.717, 1.165) is 19.3 Å². The lowest BCUT2D eigenvalue weighted by molar-refractivity contribution is 0.195. The van der Waals surface area contributed by atoms with E-state index in [2.05, 4.69) is 317 Å². The first-order chi connectivity index (χ1) is 49.4. The van der Waals surface area contributed by atoms with Crippen molar-refractivity contribution in [2.45, 2.75) is 151 Å². The summed E-state index contributed by atoms with van der Waals surface area (Å²) in [6, 6.07) is 102. The monoisotopic (exact) mass is 1300 g/mol. The molecule has 21 rings (SSSR count). The van der Waals surface area contributed by atoms with Gasteiger partial charge in [-0.3, -0.25) is 0 Å². The third-order valence-corrected chi connectivity index (χ3v) is 28.3. The quantitative estimate of drug-likeness (QED) is 0.147. The van der Waals surface area contributed by atoms with Crippen molar-refractivity contribution in [3.8, 4) is 44.5 Å². The summed E-state index contributed by atoms with van der Waals surface area (Å²) >= 11 is 0. The molecule has 3 fully saturated rings. The van der Waals surface area contributed by atoms with E-state index in [1.165, 1.54) is 229 Å². The van der Waals surface area contributed by atoms with Gasteiger partial charge in [0.25, 0.3) is 0 Å². The van der Waals surface area contributed by atoms with Crippen molar-refractivity contribution in [2.24, 2.45) is 0 Å². The Morgan fingerprint density at radius 3 is 0.832 bits per heavy atom. The van der Waals surface area contributed by atoms with E-state index in [9.17, 15) is 0 Å². The number of hydrogen-bond acceptors (Lipinski definition) is 3. The molecule has 3 aliphatic carbocycles. The standard InChI is InChI=1S/C98H85N3/c1-93-54-18-21-57-96(93,4)99(63-30-10-7-11-31-63)90-78-41-25-38-68(71(78)48-51-85(90)93)82-60-81(67-37-24-29-62-28-16-17-36-66(62)67)74-44-45-76-83(69-39-26-42-79-72(69)49-52-86-91(79)100(64-32-12-8-13-33-64)97(5)58-22-19-55-94(86,97)2)61-84(77-47-46-75(82)88(74)89(76)77)70-40-27-43-80-73(70)50-53-87-92(80)101(65-34-14-9-15-35-65)98(6)59-23-20-56-95(87,98)3/h7-17,24-53,60-61H,18-23,54-59H2,1-6H3. The van der Waals surface area contributed by atoms with E-state index in [-0.39, 0.29) is 32.9 Å². The molecule has 0 radical (unpaired) electrons. The molecule has 6 atom stereocenters. The Balaban J connectivity index is 0.886. The van der Waals surface area contributed by atoms with Crippen LogP contribution in [0.2, 0.25) is 0 Å². The first-order valence-electron chi connectivity index (χ1n) is 37.9. The molecule has 15 aromatic rings. The van der Waals surface area contributed by atoms with E-state index in [1.54, 1.807) is 0 Å². The van der Waals surface area contributed by atoms with Crippen molar-refractivity contribution in [3.05, 3.63) is 278 Å². The molecule has 3 saturated carbocycles. The number of anilines is 6. The second kappa shape index (κ2) is 21.2. The zero-order valence-corrected chi connectivity index (χ0v) is 59.2. The molecule has 0 bridgehead atoms. The molecule has 492 valence electrons. The van der Waals surface area contributed by atoms with Gasteiger partial charge in [0.15, 0.2) is 0 Å². The normalized spacial score (nSPS) is 24.4. The summed E-state index contributed by atoms with van der Waals surface area (Å²) in [5.74, 6) is 0. The number of nitrogens with zero attached hydrogens (tertiary/aromatic N) is 3. The van der Waals surface area contributed by atoms with Gasteiger partial charge in [-0.1, -0.05) is 272 Å². The van der Waals surface area contributed by atoms with Gasteiger partial charge in [-0.05, 0) is 228 Å². The van der Waals surface area contributed by atoms with Crippen molar-refractivity contribution in [1.82, 2.24) is 0 Å². The van der Waals surface area contributed by atoms with Crippen LogP contribution in [0.3, 0.4) is 0 Å². The summed E-state index contributed by atoms with van der Waals surface area (Å²) in [5, 5.41) is 18.1. The largest absolute Gasteiger partial charge is 0.334 e. The summed E-state index contributed by atoms with van der Waals surface area (Å²) in [4.78, 5) is 8.36. The molecule has 15 aromatic carbocycles. The van der Waals surface area contributed by atoms with Crippen LogP contribution in [0.25, 0.3) is 120 Å². The average Bonchev–Trinajstić information content (AvgIpc) is 1.58. The molecule has 3 heteroatoms. The van der Waals surface area contributed by atoms with Gasteiger partial charge in [-0.2, -0.15) is 0 Å². The van der Waals surface area contributed by atoms with Gasteiger partial charge >= 0.3 is 0 Å². The SMILES string of the molecule is CC12CCCCC1(C)N(c1ccccc1)c1c2ccc2c(-c3cc(-c4cccc5ccccc45)c4ccc5c(-c6cccc7c8c(ccc67)C6(C)CCCCC6(C)N8c6ccccc6)cc(-c6cccc7c8c(ccc67)C6(C)CCCCC6(C)N8c6ccccc6)c6ccc3c4c56)cccc12. The maximum Gasteiger partial charge on any atom is 0.0535 e. The summed E-state index contributed by atoms with van der Waals surface area (Å²) in [5.41, 5.74) is 22.3. The highest BCUT2D eigenvalue weighted by atomic mass is 15.3. The lowest BCUT2D eigenvalue weighted by Gasteiger charge is -2.50. The van der Waals surface area contributed by atoms with Crippen LogP contribution < -0.4 is 14.7 Å². The molecule has 101 heavy (non-hydrogen) atoms. The van der Waals surface area contributed by atoms with Gasteiger partial charge in [0.1, 0.15) is 0 Å². The van der Waals surface area contributed by atoms with Crippen LogP contribution in [0.5, 0.6) is 0 Å². The van der Waals surface area contributed by atoms with Gasteiger partial charge in [0, 0.05) is 49.5 Å². The van der Waals surface area contributed by atoms with E-state index in [0.29, 0.717) is 0 Å². The van der Waals surface area contributed by atoms with Gasteiger partial charge in [-0.25, -0.2) is 0 Å². The Morgan fingerprint density at radius 1 is 0.218 bits per heavy atom. The predicted molar refractivity (Wildman–Crippen MR) is 430 cm³/mol. The summed E-state index contributed by atoms with van der Waals surface area (Å²) in [6.07, 6.45) is 14.4. The Bertz CT molecular complexity index is 5800. The average molecular weight is 1300 g/mol. The van der Waals surface area contributed by atoms with Crippen LogP contribution in [0, 0.1) is 0 Å². The Hall–Kier alpha value is -10.2. The lowest BCUT2D eigenvalue weighted by atomic mass is 9.61. The Labute approximate surface area is 594 Å². The highest BCUT2D eigenvalue weighted by Gasteiger charge is 2.61. The molecule has 3 aliphatic heterocycles. The Kier molecular flexibility index (Phi) is 12.5. The van der Waals surface area contributed by atoms with Crippen LogP contribution in [0.1, 0.15) is 135 Å². The van der Waals surface area contributed by atoms with Crippen LogP contribution in [-0.4, -0.2) is 16.6 Å². The number of benzene rings is 15. The van der Waals surface area contributed by atoms with Crippen molar-refractivity contribution < 1.29 is 0 Å². The van der Waals surface area contributed by atoms with Gasteiger partial charge in [-0.15, -0.1) is 0 Å². The predicted octanol–water partition coefficient (Wildman–Crippen LogP) is 27.1. The minimum Gasteiger partial charge on any atom is -0.334 e. The maximum absolute atomic E-state index is 2.79. The van der Waals surface area contributed by atoms with Gasteiger partial charge in [0.05, 0.1) is 33.7 Å². The van der Waals surface area contributed by atoms with E-state index < -0.39 is 0 Å². The number of rotatable bonds is 7. The minimum absolute atomic E-state index is 0.00913. The molecule has 0 spiro atoms. The van der Waals surface area contributed by atoms with Crippen molar-refractivity contribution in [3.63, 3.8) is 0 Å². The van der Waals surface area contributed by atoms with E-state index in [4.69, 9.17) is 0 Å². The van der Waals surface area contributed by atoms with E-state index >= 15 is 0 Å². The number of hydrogen-bond donors (Lipinski definition) is 0. The van der Waals surface area contributed by atoms with Gasteiger partial charge in [0.2, 0.25) is 0 Å². The van der Waals surface area contributed by atoms with E-state index in [1.807, 2.05) is 0 Å². The second-order valence-corrected chi connectivity index (χ2v) is 32.6. The third kappa shape index (κ3) is 7.70. The molecular formula is C98H85N3. The number of fused-ring (bicyclic) bond motifs is 16. The molecular weight excluding hydrogens is 1220 g/mol. The highest BCUT2D eigenvalue weighted by Crippen LogP contribution is 2.67. The first-order valence-corrected chi connectivity index (χ1v) is 37.9. The number of para-hydroxylation sites is 3. The molecule has 0 aromatic heterocycles. The summed E-state index contributed by atoms with van der Waals surface area (Å²) in [7, 11) is 0. The zero-order chi connectivity index (χ0) is 67.5. The fraction of sp³-hybridized carbons (Fsp3) is 0.245. The zero-order valence-electron chi connectivity index (χ0n) is 59.2. The highest BCUT2D eigenvalue weighted by molar-refractivity contribution is 6.34. The van der Waals surface area contributed by atoms with Crippen LogP contribution >= 0.6 is 0 Å². The second-order valence-electron chi connectivity index (χ2n) is 32.6. The van der Waals surface area contributed by atoms with Gasteiger partial charge < -0.3 is 14.7 Å². The smallest absolute Gasteiger partial charge is 0.0535 e.